The van der Waals surface area contributed by atoms with Crippen LogP contribution in [0.1, 0.15) is 36.8 Å². The number of carbonyl (C=O) groups excluding carboxylic acids is 2. The summed E-state index contributed by atoms with van der Waals surface area (Å²) in [6.07, 6.45) is -1.23. The molecule has 4 N–H and O–H groups in total. The number of benzene rings is 2. The van der Waals surface area contributed by atoms with Gasteiger partial charge in [0.05, 0.1) is 11.8 Å². The molecule has 1 aliphatic rings. The molecule has 1 saturated carbocycles. The topological polar surface area (TPSA) is 105 Å². The largest absolute Gasteiger partial charge is 0.458 e. The summed E-state index contributed by atoms with van der Waals surface area (Å²) in [5, 5.41) is 0. The normalized spacial score (nSPS) is 18.8. The van der Waals surface area contributed by atoms with Crippen LogP contribution in [0.5, 0.6) is 5.75 Å². The first-order valence-corrected chi connectivity index (χ1v) is 10.5. The number of carbonyl (C=O) groups is 2. The summed E-state index contributed by atoms with van der Waals surface area (Å²) in [6, 6.07) is 11.3. The number of hydrogen-bond donors (Lipinski definition) is 2. The zero-order valence-corrected chi connectivity index (χ0v) is 17.8. The lowest BCUT2D eigenvalue weighted by Gasteiger charge is -2.28. The zero-order valence-electron chi connectivity index (χ0n) is 17.8. The van der Waals surface area contributed by atoms with Gasteiger partial charge in [-0.15, -0.1) is 0 Å². The summed E-state index contributed by atoms with van der Waals surface area (Å²) in [6.45, 7) is -0.0141. The average molecular weight is 462 g/mol. The molecule has 0 heterocycles. The van der Waals surface area contributed by atoms with Gasteiger partial charge in [0.25, 0.3) is 0 Å². The number of anilines is 2. The molecular weight excluding hydrogens is 437 g/mol. The molecule has 0 radical (unpaired) electrons. The van der Waals surface area contributed by atoms with Crippen molar-refractivity contribution in [2.24, 2.45) is 11.8 Å². The Morgan fingerprint density at radius 3 is 2.30 bits per heavy atom. The van der Waals surface area contributed by atoms with Crippen LogP contribution in [-0.4, -0.2) is 18.1 Å². The molecule has 9 heteroatoms. The summed E-state index contributed by atoms with van der Waals surface area (Å²) >= 11 is 0. The van der Waals surface area contributed by atoms with Crippen LogP contribution >= 0.6 is 0 Å². The fourth-order valence-electron chi connectivity index (χ4n) is 3.61. The maximum Gasteiger partial charge on any atom is 0.391 e. The fourth-order valence-corrected chi connectivity index (χ4v) is 3.61. The van der Waals surface area contributed by atoms with E-state index < -0.39 is 30.0 Å². The van der Waals surface area contributed by atoms with E-state index in [2.05, 4.69) is 0 Å². The van der Waals surface area contributed by atoms with E-state index in [1.54, 1.807) is 42.5 Å². The molecular formula is C24H25F3N2O4. The molecule has 0 aromatic heterocycles. The second-order valence-electron chi connectivity index (χ2n) is 7.98. The molecule has 0 bridgehead atoms. The van der Waals surface area contributed by atoms with Crippen molar-refractivity contribution in [3.8, 4) is 5.75 Å². The number of rotatable bonds is 6. The molecule has 1 fully saturated rings. The molecule has 0 saturated heterocycles. The van der Waals surface area contributed by atoms with E-state index in [0.717, 1.165) is 0 Å². The molecule has 0 atom stereocenters. The molecule has 33 heavy (non-hydrogen) atoms. The fraction of sp³-hybridized carbons (Fsp3) is 0.333. The van der Waals surface area contributed by atoms with Crippen LogP contribution in [-0.2, 0) is 20.9 Å². The van der Waals surface area contributed by atoms with Crippen molar-refractivity contribution in [1.82, 2.24) is 0 Å². The molecule has 1 aliphatic carbocycles. The summed E-state index contributed by atoms with van der Waals surface area (Å²) in [5.41, 5.74) is 13.8. The smallest absolute Gasteiger partial charge is 0.391 e. The van der Waals surface area contributed by atoms with Crippen LogP contribution < -0.4 is 16.2 Å². The van der Waals surface area contributed by atoms with Crippen molar-refractivity contribution < 1.29 is 32.2 Å². The Balaban J connectivity index is 1.46. The van der Waals surface area contributed by atoms with Crippen LogP contribution in [0.25, 0.3) is 6.08 Å². The lowest BCUT2D eigenvalue weighted by atomic mass is 9.82. The number of halogens is 3. The highest BCUT2D eigenvalue weighted by Crippen LogP contribution is 2.39. The third-order valence-corrected chi connectivity index (χ3v) is 5.57. The predicted molar refractivity (Wildman–Crippen MR) is 118 cm³/mol. The van der Waals surface area contributed by atoms with E-state index in [4.69, 9.17) is 20.9 Å². The third-order valence-electron chi connectivity index (χ3n) is 5.57. The van der Waals surface area contributed by atoms with Gasteiger partial charge in [0.2, 0.25) is 0 Å². The quantitative estimate of drug-likeness (QED) is 0.274. The van der Waals surface area contributed by atoms with Gasteiger partial charge >= 0.3 is 18.1 Å². The molecule has 3 rings (SSSR count). The van der Waals surface area contributed by atoms with E-state index in [1.165, 1.54) is 12.2 Å². The highest BCUT2D eigenvalue weighted by atomic mass is 19.4. The lowest BCUT2D eigenvalue weighted by molar-refractivity contribution is -0.185. The van der Waals surface area contributed by atoms with Gasteiger partial charge in [0, 0.05) is 23.0 Å². The molecule has 0 aliphatic heterocycles. The number of ether oxygens (including phenoxy) is 2. The van der Waals surface area contributed by atoms with Crippen LogP contribution in [0.15, 0.2) is 48.5 Å². The lowest BCUT2D eigenvalue weighted by Crippen LogP contribution is -2.31. The molecule has 0 amide bonds. The van der Waals surface area contributed by atoms with Gasteiger partial charge in [0.15, 0.2) is 0 Å². The van der Waals surface area contributed by atoms with Gasteiger partial charge in [-0.3, -0.25) is 4.79 Å². The zero-order chi connectivity index (χ0) is 24.0. The maximum atomic E-state index is 12.8. The van der Waals surface area contributed by atoms with Crippen LogP contribution in [0.3, 0.4) is 0 Å². The summed E-state index contributed by atoms with van der Waals surface area (Å²) in [7, 11) is 0. The van der Waals surface area contributed by atoms with E-state index >= 15 is 0 Å². The van der Waals surface area contributed by atoms with E-state index in [1.807, 2.05) is 0 Å². The first-order chi connectivity index (χ1) is 15.6. The minimum Gasteiger partial charge on any atom is -0.458 e. The summed E-state index contributed by atoms with van der Waals surface area (Å²) in [5.74, 6) is -2.69. The van der Waals surface area contributed by atoms with Gasteiger partial charge in [-0.05, 0) is 67.7 Å². The number of esters is 2. The van der Waals surface area contributed by atoms with E-state index in [0.29, 0.717) is 22.5 Å². The standard InChI is InChI=1S/C24H25F3N2O4/c25-24(26,27)18-6-4-16(5-7-18)23(31)33-20-9-1-15(2-10-20)3-12-22(30)32-14-17-13-19(28)8-11-21(17)29/h1-3,8-13,16,18H,4-7,14,28-29H2. The summed E-state index contributed by atoms with van der Waals surface area (Å²) < 4.78 is 48.7. The maximum absolute atomic E-state index is 12.8. The molecule has 2 aromatic rings. The van der Waals surface area contributed by atoms with Crippen molar-refractivity contribution in [3.05, 3.63) is 59.7 Å². The number of alkyl halides is 3. The van der Waals surface area contributed by atoms with Crippen molar-refractivity contribution >= 4 is 29.4 Å². The molecule has 0 unspecified atom stereocenters. The van der Waals surface area contributed by atoms with Gasteiger partial charge in [-0.1, -0.05) is 12.1 Å². The predicted octanol–water partition coefficient (Wildman–Crippen LogP) is 4.88. The Hall–Kier alpha value is -3.49. The Kier molecular flexibility index (Phi) is 7.63. The minimum absolute atomic E-state index is 0.0141. The highest BCUT2D eigenvalue weighted by Gasteiger charge is 2.42. The van der Waals surface area contributed by atoms with Crippen molar-refractivity contribution in [3.63, 3.8) is 0 Å². The van der Waals surface area contributed by atoms with Gasteiger partial charge < -0.3 is 20.9 Å². The van der Waals surface area contributed by atoms with Gasteiger partial charge in [-0.2, -0.15) is 13.2 Å². The Labute approximate surface area is 189 Å². The second kappa shape index (κ2) is 10.4. The van der Waals surface area contributed by atoms with Gasteiger partial charge in [-0.25, -0.2) is 4.79 Å². The monoisotopic (exact) mass is 462 g/mol. The molecule has 176 valence electrons. The van der Waals surface area contributed by atoms with E-state index in [-0.39, 0.29) is 38.0 Å². The number of nitrogen functional groups attached to an aromatic ring is 2. The first-order valence-electron chi connectivity index (χ1n) is 10.5. The van der Waals surface area contributed by atoms with Crippen LogP contribution in [0, 0.1) is 11.8 Å². The highest BCUT2D eigenvalue weighted by molar-refractivity contribution is 5.87. The van der Waals surface area contributed by atoms with Crippen molar-refractivity contribution in [2.45, 2.75) is 38.5 Å². The summed E-state index contributed by atoms with van der Waals surface area (Å²) in [4.78, 5) is 24.2. The Bertz CT molecular complexity index is 1010. The Morgan fingerprint density at radius 1 is 1.00 bits per heavy atom. The molecule has 6 nitrogen and oxygen atoms in total. The molecule has 2 aromatic carbocycles. The van der Waals surface area contributed by atoms with Gasteiger partial charge in [0.1, 0.15) is 12.4 Å². The van der Waals surface area contributed by atoms with Crippen molar-refractivity contribution in [2.75, 3.05) is 11.5 Å². The average Bonchev–Trinajstić information content (AvgIpc) is 2.78. The van der Waals surface area contributed by atoms with Crippen LogP contribution in [0.4, 0.5) is 24.5 Å². The molecule has 0 spiro atoms. The Morgan fingerprint density at radius 2 is 1.67 bits per heavy atom. The van der Waals surface area contributed by atoms with Crippen LogP contribution in [0.2, 0.25) is 0 Å². The third kappa shape index (κ3) is 7.00. The van der Waals surface area contributed by atoms with E-state index in [9.17, 15) is 22.8 Å². The number of hydrogen-bond acceptors (Lipinski definition) is 6. The SMILES string of the molecule is Nc1ccc(N)c(COC(=O)C=Cc2ccc(OC(=O)C3CCC(C(F)(F)F)CC3)cc2)c1. The minimum atomic E-state index is -4.21. The second-order valence-corrected chi connectivity index (χ2v) is 7.98. The number of nitrogens with two attached hydrogens (primary N) is 2. The first kappa shape index (κ1) is 24.2. The van der Waals surface area contributed by atoms with Crippen molar-refractivity contribution in [1.29, 1.82) is 0 Å².